The fraction of sp³-hybridized carbons (Fsp3) is 0.280. The van der Waals surface area contributed by atoms with Crippen LogP contribution in [-0.4, -0.2) is 43.6 Å². The molecule has 1 fully saturated rings. The van der Waals surface area contributed by atoms with Crippen LogP contribution in [0.1, 0.15) is 52.5 Å². The van der Waals surface area contributed by atoms with E-state index in [1.54, 1.807) is 59.0 Å². The lowest BCUT2D eigenvalue weighted by molar-refractivity contribution is 0.0941. The monoisotopic (exact) mass is 460 g/mol. The van der Waals surface area contributed by atoms with Crippen LogP contribution in [0, 0.1) is 12.7 Å². The number of aryl methyl sites for hydroxylation is 1. The highest BCUT2D eigenvalue weighted by Crippen LogP contribution is 2.28. The van der Waals surface area contributed by atoms with Gasteiger partial charge in [0.25, 0.3) is 11.8 Å². The average molecular weight is 461 g/mol. The molecule has 34 heavy (non-hydrogen) atoms. The molecule has 0 saturated heterocycles. The summed E-state index contributed by atoms with van der Waals surface area (Å²) in [7, 11) is 0. The third-order valence-corrected chi connectivity index (χ3v) is 5.88. The predicted molar refractivity (Wildman–Crippen MR) is 126 cm³/mol. The van der Waals surface area contributed by atoms with Crippen molar-refractivity contribution >= 4 is 17.5 Å². The third-order valence-electron chi connectivity index (χ3n) is 5.88. The molecule has 0 aliphatic heterocycles. The number of halogens is 1. The largest absolute Gasteiger partial charge is 0.352 e. The van der Waals surface area contributed by atoms with E-state index in [0.29, 0.717) is 29.1 Å². The number of pyridine rings is 1. The summed E-state index contributed by atoms with van der Waals surface area (Å²) >= 11 is 0. The predicted octanol–water partition coefficient (Wildman–Crippen LogP) is 3.67. The van der Waals surface area contributed by atoms with E-state index in [-0.39, 0.29) is 17.5 Å². The van der Waals surface area contributed by atoms with Crippen LogP contribution in [0.15, 0.2) is 49.1 Å². The molecule has 0 atom stereocenters. The minimum atomic E-state index is -0.539. The first-order valence-corrected chi connectivity index (χ1v) is 11.4. The van der Waals surface area contributed by atoms with Gasteiger partial charge in [-0.3, -0.25) is 14.0 Å². The molecule has 3 heterocycles. The number of benzene rings is 1. The molecule has 1 aromatic carbocycles. The summed E-state index contributed by atoms with van der Waals surface area (Å²) in [4.78, 5) is 29.3. The van der Waals surface area contributed by atoms with Crippen molar-refractivity contribution < 1.29 is 14.0 Å². The standard InChI is InChI=1S/C25H25FN6O2/c1-3-8-27-24(33)16-4-7-22-28-12-23(31(22)13-16)32-14-17(11-29-32)19-10-20(21(26)9-15(19)2)25(34)30-18-5-6-18/h4,7,9-14,18H,3,5-6,8H2,1-2H3,(H,27,33)(H,30,34). The van der Waals surface area contributed by atoms with Gasteiger partial charge in [0.15, 0.2) is 5.82 Å². The summed E-state index contributed by atoms with van der Waals surface area (Å²) < 4.78 is 18.0. The molecule has 0 radical (unpaired) electrons. The Morgan fingerprint density at radius 1 is 1.15 bits per heavy atom. The number of hydrogen-bond donors (Lipinski definition) is 2. The maximum Gasteiger partial charge on any atom is 0.254 e. The summed E-state index contributed by atoms with van der Waals surface area (Å²) in [5, 5.41) is 10.2. The molecule has 8 nitrogen and oxygen atoms in total. The van der Waals surface area contributed by atoms with E-state index in [1.165, 1.54) is 6.07 Å². The lowest BCUT2D eigenvalue weighted by Gasteiger charge is -2.09. The smallest absolute Gasteiger partial charge is 0.254 e. The van der Waals surface area contributed by atoms with Crippen molar-refractivity contribution in [1.82, 2.24) is 29.8 Å². The van der Waals surface area contributed by atoms with Crippen LogP contribution in [0.4, 0.5) is 4.39 Å². The van der Waals surface area contributed by atoms with E-state index in [1.807, 2.05) is 6.92 Å². The summed E-state index contributed by atoms with van der Waals surface area (Å²) in [6.07, 6.45) is 9.59. The quantitative estimate of drug-likeness (QED) is 0.440. The molecular formula is C25H25FN6O2. The zero-order valence-electron chi connectivity index (χ0n) is 19.0. The van der Waals surface area contributed by atoms with Gasteiger partial charge in [-0.05, 0) is 61.6 Å². The molecule has 2 amide bonds. The second-order valence-electron chi connectivity index (χ2n) is 8.59. The maximum atomic E-state index is 14.5. The van der Waals surface area contributed by atoms with Crippen LogP contribution in [0.2, 0.25) is 0 Å². The molecule has 4 aromatic rings. The van der Waals surface area contributed by atoms with Crippen LogP contribution in [-0.2, 0) is 0 Å². The summed E-state index contributed by atoms with van der Waals surface area (Å²) in [6.45, 7) is 4.40. The van der Waals surface area contributed by atoms with Crippen molar-refractivity contribution in [3.8, 4) is 16.9 Å². The van der Waals surface area contributed by atoms with Gasteiger partial charge >= 0.3 is 0 Å². The molecule has 0 bridgehead atoms. The van der Waals surface area contributed by atoms with Crippen molar-refractivity contribution in [2.24, 2.45) is 0 Å². The van der Waals surface area contributed by atoms with E-state index in [2.05, 4.69) is 20.7 Å². The number of fused-ring (bicyclic) bond motifs is 1. The molecule has 3 aromatic heterocycles. The van der Waals surface area contributed by atoms with Gasteiger partial charge < -0.3 is 10.6 Å². The van der Waals surface area contributed by atoms with Gasteiger partial charge in [0.1, 0.15) is 11.5 Å². The lowest BCUT2D eigenvalue weighted by Crippen LogP contribution is -2.26. The maximum absolute atomic E-state index is 14.5. The van der Waals surface area contributed by atoms with Gasteiger partial charge in [-0.25, -0.2) is 14.1 Å². The Balaban J connectivity index is 1.48. The van der Waals surface area contributed by atoms with Crippen molar-refractivity contribution in [3.63, 3.8) is 0 Å². The lowest BCUT2D eigenvalue weighted by atomic mass is 9.99. The van der Waals surface area contributed by atoms with Gasteiger partial charge in [-0.15, -0.1) is 0 Å². The SMILES string of the molecule is CCCNC(=O)c1ccc2ncc(-n3cc(-c4cc(C(=O)NC5CC5)c(F)cc4C)cn3)n2c1. The van der Waals surface area contributed by atoms with Crippen molar-refractivity contribution in [1.29, 1.82) is 0 Å². The van der Waals surface area contributed by atoms with Gasteiger partial charge in [0.05, 0.1) is 23.5 Å². The van der Waals surface area contributed by atoms with Gasteiger partial charge in [-0.1, -0.05) is 6.92 Å². The summed E-state index contributed by atoms with van der Waals surface area (Å²) in [5.74, 6) is -0.437. The molecule has 5 rings (SSSR count). The van der Waals surface area contributed by atoms with E-state index in [0.717, 1.165) is 30.4 Å². The van der Waals surface area contributed by atoms with Gasteiger partial charge in [0.2, 0.25) is 0 Å². The van der Waals surface area contributed by atoms with E-state index < -0.39 is 11.7 Å². The highest BCUT2D eigenvalue weighted by molar-refractivity contribution is 5.96. The molecule has 1 saturated carbocycles. The Morgan fingerprint density at radius 3 is 2.74 bits per heavy atom. The molecule has 9 heteroatoms. The van der Waals surface area contributed by atoms with Crippen molar-refractivity contribution in [3.05, 3.63) is 71.6 Å². The van der Waals surface area contributed by atoms with Crippen molar-refractivity contribution in [2.45, 2.75) is 39.2 Å². The fourth-order valence-electron chi connectivity index (χ4n) is 3.85. The number of rotatable bonds is 7. The molecular weight excluding hydrogens is 435 g/mol. The summed E-state index contributed by atoms with van der Waals surface area (Å²) in [6, 6.07) is 6.62. The molecule has 2 N–H and O–H groups in total. The van der Waals surface area contributed by atoms with Crippen molar-refractivity contribution in [2.75, 3.05) is 6.54 Å². The Bertz CT molecular complexity index is 1400. The number of nitrogens with zero attached hydrogens (tertiary/aromatic N) is 4. The number of amides is 2. The normalized spacial score (nSPS) is 13.3. The number of aromatic nitrogens is 4. The van der Waals surface area contributed by atoms with Gasteiger partial charge in [-0.2, -0.15) is 5.10 Å². The van der Waals surface area contributed by atoms with Crippen LogP contribution in [0.25, 0.3) is 22.6 Å². The highest BCUT2D eigenvalue weighted by atomic mass is 19.1. The Hall–Kier alpha value is -4.01. The Kier molecular flexibility index (Phi) is 5.61. The van der Waals surface area contributed by atoms with Crippen LogP contribution >= 0.6 is 0 Å². The minimum absolute atomic E-state index is 0.0257. The number of carbonyl (C=O) groups is 2. The molecule has 1 aliphatic carbocycles. The number of carbonyl (C=O) groups excluding carboxylic acids is 2. The number of imidazole rings is 1. The van der Waals surface area contributed by atoms with Crippen LogP contribution in [0.5, 0.6) is 0 Å². The van der Waals surface area contributed by atoms with Crippen LogP contribution in [0.3, 0.4) is 0 Å². The number of nitrogens with one attached hydrogen (secondary N) is 2. The minimum Gasteiger partial charge on any atom is -0.352 e. The molecule has 0 spiro atoms. The first-order chi connectivity index (χ1) is 16.4. The molecule has 174 valence electrons. The zero-order chi connectivity index (χ0) is 23.8. The first-order valence-electron chi connectivity index (χ1n) is 11.4. The molecule has 1 aliphatic rings. The highest BCUT2D eigenvalue weighted by Gasteiger charge is 2.25. The van der Waals surface area contributed by atoms with E-state index in [4.69, 9.17) is 0 Å². The topological polar surface area (TPSA) is 93.3 Å². The van der Waals surface area contributed by atoms with E-state index >= 15 is 0 Å². The average Bonchev–Trinajstić information content (AvgIpc) is 3.33. The number of hydrogen-bond acceptors (Lipinski definition) is 4. The first kappa shape index (κ1) is 21.8. The Morgan fingerprint density at radius 2 is 1.97 bits per heavy atom. The fourth-order valence-corrected chi connectivity index (χ4v) is 3.85. The molecule has 0 unspecified atom stereocenters. The van der Waals surface area contributed by atoms with Crippen LogP contribution < -0.4 is 10.6 Å². The summed E-state index contributed by atoms with van der Waals surface area (Å²) in [5.41, 5.74) is 3.39. The third kappa shape index (κ3) is 4.16. The second-order valence-corrected chi connectivity index (χ2v) is 8.59. The van der Waals surface area contributed by atoms with Gasteiger partial charge in [0, 0.05) is 30.5 Å². The Labute approximate surface area is 195 Å². The second kappa shape index (κ2) is 8.74. The van der Waals surface area contributed by atoms with E-state index in [9.17, 15) is 14.0 Å². The zero-order valence-corrected chi connectivity index (χ0v) is 19.0.